The second-order valence-corrected chi connectivity index (χ2v) is 6.12. The predicted octanol–water partition coefficient (Wildman–Crippen LogP) is 4.43. The fourth-order valence-electron chi connectivity index (χ4n) is 2.48. The van der Waals surface area contributed by atoms with Crippen LogP contribution in [0.25, 0.3) is 11.5 Å². The molecule has 3 rings (SSSR count). The van der Waals surface area contributed by atoms with Gasteiger partial charge in [0.15, 0.2) is 5.75 Å². The number of carbonyl (C=O) groups excluding carboxylic acids is 1. The molecule has 0 amide bonds. The molecule has 6 nitrogen and oxygen atoms in total. The Kier molecular flexibility index (Phi) is 5.44. The second kappa shape index (κ2) is 7.76. The SMILES string of the molecule is COC(=O)c1ccccc1-c1nnc(Cc2cc(Cl)c(OC)c(Cl)c2)o1. The average Bonchev–Trinajstić information content (AvgIpc) is 3.09. The summed E-state index contributed by atoms with van der Waals surface area (Å²) in [5, 5.41) is 8.84. The van der Waals surface area contributed by atoms with E-state index in [1.54, 1.807) is 36.4 Å². The van der Waals surface area contributed by atoms with Gasteiger partial charge in [-0.2, -0.15) is 0 Å². The van der Waals surface area contributed by atoms with Gasteiger partial charge in [-0.1, -0.05) is 35.3 Å². The number of rotatable bonds is 5. The van der Waals surface area contributed by atoms with Crippen LogP contribution in [0.5, 0.6) is 5.75 Å². The molecule has 0 bridgehead atoms. The van der Waals surface area contributed by atoms with Crippen LogP contribution < -0.4 is 4.74 Å². The third-order valence-electron chi connectivity index (χ3n) is 3.65. The first-order chi connectivity index (χ1) is 12.5. The van der Waals surface area contributed by atoms with Crippen molar-refractivity contribution < 1.29 is 18.7 Å². The van der Waals surface area contributed by atoms with E-state index >= 15 is 0 Å². The molecule has 0 saturated carbocycles. The van der Waals surface area contributed by atoms with E-state index in [0.717, 1.165) is 5.56 Å². The number of carbonyl (C=O) groups is 1. The van der Waals surface area contributed by atoms with Gasteiger partial charge in [0, 0.05) is 0 Å². The number of hydrogen-bond acceptors (Lipinski definition) is 6. The van der Waals surface area contributed by atoms with Gasteiger partial charge < -0.3 is 13.9 Å². The van der Waals surface area contributed by atoms with Crippen molar-refractivity contribution in [3.63, 3.8) is 0 Å². The monoisotopic (exact) mass is 392 g/mol. The third kappa shape index (κ3) is 3.66. The van der Waals surface area contributed by atoms with E-state index in [4.69, 9.17) is 37.1 Å². The van der Waals surface area contributed by atoms with Crippen molar-refractivity contribution >= 4 is 29.2 Å². The Bertz CT molecular complexity index is 933. The van der Waals surface area contributed by atoms with Gasteiger partial charge in [0.25, 0.3) is 0 Å². The lowest BCUT2D eigenvalue weighted by Crippen LogP contribution is -2.03. The van der Waals surface area contributed by atoms with Crippen molar-refractivity contribution in [2.45, 2.75) is 6.42 Å². The van der Waals surface area contributed by atoms with Crippen LogP contribution in [0.2, 0.25) is 10.0 Å². The summed E-state index contributed by atoms with van der Waals surface area (Å²) >= 11 is 12.3. The highest BCUT2D eigenvalue weighted by Gasteiger charge is 2.18. The second-order valence-electron chi connectivity index (χ2n) is 5.31. The Labute approximate surface area is 159 Å². The molecule has 2 aromatic carbocycles. The third-order valence-corrected chi connectivity index (χ3v) is 4.21. The summed E-state index contributed by atoms with van der Waals surface area (Å²) in [6.07, 6.45) is 0.330. The van der Waals surface area contributed by atoms with Gasteiger partial charge in [0.2, 0.25) is 11.8 Å². The summed E-state index contributed by atoms with van der Waals surface area (Å²) in [6.45, 7) is 0. The van der Waals surface area contributed by atoms with Crippen molar-refractivity contribution in [1.29, 1.82) is 0 Å². The molecule has 0 spiro atoms. The number of esters is 1. The number of hydrogen-bond donors (Lipinski definition) is 0. The van der Waals surface area contributed by atoms with Gasteiger partial charge in [0.05, 0.1) is 41.8 Å². The normalized spacial score (nSPS) is 10.6. The maximum atomic E-state index is 11.9. The molecule has 134 valence electrons. The number of nitrogens with zero attached hydrogens (tertiary/aromatic N) is 2. The van der Waals surface area contributed by atoms with Crippen molar-refractivity contribution in [1.82, 2.24) is 10.2 Å². The fourth-order valence-corrected chi connectivity index (χ4v) is 3.16. The van der Waals surface area contributed by atoms with Crippen LogP contribution in [0.1, 0.15) is 21.8 Å². The Hall–Kier alpha value is -2.57. The highest BCUT2D eigenvalue weighted by atomic mass is 35.5. The molecule has 26 heavy (non-hydrogen) atoms. The Balaban J connectivity index is 1.89. The molecule has 0 saturated heterocycles. The van der Waals surface area contributed by atoms with Crippen LogP contribution in [0.3, 0.4) is 0 Å². The standard InChI is InChI=1S/C18H14Cl2N2O4/c1-24-16-13(19)7-10(8-14(16)20)9-15-21-22-17(26-15)11-5-3-4-6-12(11)18(23)25-2/h3-8H,9H2,1-2H3. The Morgan fingerprint density at radius 1 is 1.12 bits per heavy atom. The maximum absolute atomic E-state index is 11.9. The highest BCUT2D eigenvalue weighted by molar-refractivity contribution is 6.37. The maximum Gasteiger partial charge on any atom is 0.338 e. The quantitative estimate of drug-likeness (QED) is 0.597. The Morgan fingerprint density at radius 2 is 1.81 bits per heavy atom. The zero-order chi connectivity index (χ0) is 18.7. The Morgan fingerprint density at radius 3 is 2.46 bits per heavy atom. The lowest BCUT2D eigenvalue weighted by molar-refractivity contribution is 0.0601. The van der Waals surface area contributed by atoms with E-state index in [0.29, 0.717) is 39.2 Å². The highest BCUT2D eigenvalue weighted by Crippen LogP contribution is 2.34. The van der Waals surface area contributed by atoms with Crippen LogP contribution in [0.15, 0.2) is 40.8 Å². The minimum Gasteiger partial charge on any atom is -0.494 e. The minimum absolute atomic E-state index is 0.228. The lowest BCUT2D eigenvalue weighted by atomic mass is 10.1. The largest absolute Gasteiger partial charge is 0.494 e. The summed E-state index contributed by atoms with van der Waals surface area (Å²) in [5.41, 5.74) is 1.64. The van der Waals surface area contributed by atoms with Crippen LogP contribution in [-0.2, 0) is 11.2 Å². The van der Waals surface area contributed by atoms with Gasteiger partial charge >= 0.3 is 5.97 Å². The van der Waals surface area contributed by atoms with Crippen LogP contribution in [0.4, 0.5) is 0 Å². The first-order valence-electron chi connectivity index (χ1n) is 7.55. The van der Waals surface area contributed by atoms with E-state index in [-0.39, 0.29) is 5.89 Å². The van der Waals surface area contributed by atoms with Gasteiger partial charge in [-0.15, -0.1) is 10.2 Å². The van der Waals surface area contributed by atoms with Gasteiger partial charge in [-0.25, -0.2) is 4.79 Å². The molecule has 1 heterocycles. The predicted molar refractivity (Wildman–Crippen MR) is 96.9 cm³/mol. The molecule has 0 aliphatic carbocycles. The molecule has 3 aromatic rings. The number of halogens is 2. The molecular formula is C18H14Cl2N2O4. The number of benzene rings is 2. The van der Waals surface area contributed by atoms with E-state index < -0.39 is 5.97 Å². The van der Waals surface area contributed by atoms with Crippen molar-refractivity contribution in [2.75, 3.05) is 14.2 Å². The zero-order valence-corrected chi connectivity index (χ0v) is 15.5. The van der Waals surface area contributed by atoms with Crippen molar-refractivity contribution in [3.8, 4) is 17.2 Å². The van der Waals surface area contributed by atoms with E-state index in [1.807, 2.05) is 0 Å². The average molecular weight is 393 g/mol. The van der Waals surface area contributed by atoms with Crippen molar-refractivity contribution in [2.24, 2.45) is 0 Å². The summed E-state index contributed by atoms with van der Waals surface area (Å²) < 4.78 is 15.6. The summed E-state index contributed by atoms with van der Waals surface area (Å²) in [6, 6.07) is 10.3. The lowest BCUT2D eigenvalue weighted by Gasteiger charge is -2.07. The molecule has 0 aliphatic rings. The van der Waals surface area contributed by atoms with Gasteiger partial charge in [-0.3, -0.25) is 0 Å². The molecule has 1 aromatic heterocycles. The number of ether oxygens (including phenoxy) is 2. The van der Waals surface area contributed by atoms with Crippen molar-refractivity contribution in [3.05, 3.63) is 63.5 Å². The topological polar surface area (TPSA) is 74.5 Å². The minimum atomic E-state index is -0.478. The van der Waals surface area contributed by atoms with Crippen LogP contribution in [0, 0.1) is 0 Å². The molecule has 0 N–H and O–H groups in total. The molecule has 0 aliphatic heterocycles. The molecule has 8 heteroatoms. The number of methoxy groups -OCH3 is 2. The van der Waals surface area contributed by atoms with E-state index in [9.17, 15) is 4.79 Å². The summed E-state index contributed by atoms with van der Waals surface area (Å²) in [5.74, 6) is 0.521. The molecule has 0 atom stereocenters. The zero-order valence-electron chi connectivity index (χ0n) is 14.0. The number of aromatic nitrogens is 2. The fraction of sp³-hybridized carbons (Fsp3) is 0.167. The molecule has 0 unspecified atom stereocenters. The smallest absolute Gasteiger partial charge is 0.338 e. The first kappa shape index (κ1) is 18.2. The van der Waals surface area contributed by atoms with Gasteiger partial charge in [0.1, 0.15) is 0 Å². The summed E-state index contributed by atoms with van der Waals surface area (Å²) in [4.78, 5) is 11.9. The first-order valence-corrected chi connectivity index (χ1v) is 8.31. The molecule has 0 fully saturated rings. The van der Waals surface area contributed by atoms with E-state index in [1.165, 1.54) is 14.2 Å². The van der Waals surface area contributed by atoms with Crippen LogP contribution >= 0.6 is 23.2 Å². The van der Waals surface area contributed by atoms with Gasteiger partial charge in [-0.05, 0) is 29.8 Å². The molecular weight excluding hydrogens is 379 g/mol. The van der Waals surface area contributed by atoms with E-state index in [2.05, 4.69) is 10.2 Å². The van der Waals surface area contributed by atoms with Crippen LogP contribution in [-0.4, -0.2) is 30.4 Å². The summed E-state index contributed by atoms with van der Waals surface area (Å²) in [7, 11) is 2.81. The molecule has 0 radical (unpaired) electrons.